The zero-order chi connectivity index (χ0) is 15.5. The molecule has 0 saturated carbocycles. The summed E-state index contributed by atoms with van der Waals surface area (Å²) in [5, 5.41) is 3.21. The molecule has 2 atom stereocenters. The van der Waals surface area contributed by atoms with Gasteiger partial charge in [0.15, 0.2) is 0 Å². The lowest BCUT2D eigenvalue weighted by Crippen LogP contribution is -2.53. The molecule has 2 N–H and O–H groups in total. The minimum Gasteiger partial charge on any atom is -0.339 e. The summed E-state index contributed by atoms with van der Waals surface area (Å²) in [4.78, 5) is 14.7. The summed E-state index contributed by atoms with van der Waals surface area (Å²) in [6.07, 6.45) is 5.02. The average molecular weight is 354 g/mol. The molecule has 2 heterocycles. The maximum absolute atomic E-state index is 12.7. The second kappa shape index (κ2) is 8.47. The Kier molecular flexibility index (Phi) is 7.58. The maximum Gasteiger partial charge on any atom is 0.226 e. The van der Waals surface area contributed by atoms with Gasteiger partial charge in [-0.25, -0.2) is 13.1 Å². The normalized spacial score (nSPS) is 24.3. The van der Waals surface area contributed by atoms with E-state index in [4.69, 9.17) is 0 Å². The van der Waals surface area contributed by atoms with Crippen LogP contribution in [0.2, 0.25) is 0 Å². The van der Waals surface area contributed by atoms with Crippen LogP contribution in [0.15, 0.2) is 0 Å². The molecule has 0 bridgehead atoms. The van der Waals surface area contributed by atoms with Crippen molar-refractivity contribution in [2.24, 2.45) is 11.8 Å². The van der Waals surface area contributed by atoms with Gasteiger partial charge in [-0.1, -0.05) is 6.92 Å². The number of carbonyl (C=O) groups is 1. The molecular formula is C14H28ClN3O3S. The molecule has 22 heavy (non-hydrogen) atoms. The number of amides is 1. The van der Waals surface area contributed by atoms with Gasteiger partial charge in [-0.3, -0.25) is 4.79 Å². The number of carbonyl (C=O) groups excluding carboxylic acids is 1. The number of hydrogen-bond donors (Lipinski definition) is 2. The lowest BCUT2D eigenvalue weighted by Gasteiger charge is -2.40. The highest BCUT2D eigenvalue weighted by atomic mass is 35.5. The van der Waals surface area contributed by atoms with Crippen molar-refractivity contribution in [2.45, 2.75) is 38.6 Å². The third kappa shape index (κ3) is 5.37. The van der Waals surface area contributed by atoms with Crippen molar-refractivity contribution in [1.82, 2.24) is 14.9 Å². The summed E-state index contributed by atoms with van der Waals surface area (Å²) in [5.74, 6) is 0.759. The molecule has 8 heteroatoms. The Hall–Kier alpha value is -0.370. The van der Waals surface area contributed by atoms with Crippen LogP contribution in [0.3, 0.4) is 0 Å². The smallest absolute Gasteiger partial charge is 0.226 e. The molecule has 0 aliphatic carbocycles. The van der Waals surface area contributed by atoms with Gasteiger partial charge in [0.05, 0.1) is 6.26 Å². The van der Waals surface area contributed by atoms with E-state index in [0.29, 0.717) is 18.9 Å². The molecule has 2 rings (SSSR count). The van der Waals surface area contributed by atoms with Crippen LogP contribution < -0.4 is 10.0 Å². The monoisotopic (exact) mass is 353 g/mol. The van der Waals surface area contributed by atoms with Gasteiger partial charge in [-0.2, -0.15) is 0 Å². The summed E-state index contributed by atoms with van der Waals surface area (Å²) in [6.45, 7) is 5.11. The fourth-order valence-corrected chi connectivity index (χ4v) is 3.62. The molecule has 0 spiro atoms. The second-order valence-corrected chi connectivity index (χ2v) is 8.18. The van der Waals surface area contributed by atoms with Crippen molar-refractivity contribution >= 4 is 28.3 Å². The van der Waals surface area contributed by atoms with Crippen molar-refractivity contribution in [3.05, 3.63) is 0 Å². The molecule has 0 radical (unpaired) electrons. The molecule has 0 aromatic carbocycles. The van der Waals surface area contributed by atoms with Gasteiger partial charge in [0.2, 0.25) is 15.9 Å². The fourth-order valence-electron chi connectivity index (χ4n) is 3.13. The largest absolute Gasteiger partial charge is 0.339 e. The summed E-state index contributed by atoms with van der Waals surface area (Å²) >= 11 is 0. The van der Waals surface area contributed by atoms with Gasteiger partial charge in [0.1, 0.15) is 0 Å². The van der Waals surface area contributed by atoms with Gasteiger partial charge < -0.3 is 10.2 Å². The lowest BCUT2D eigenvalue weighted by atomic mass is 9.86. The van der Waals surface area contributed by atoms with E-state index in [9.17, 15) is 13.2 Å². The SMILES string of the molecule is CC(C(=O)N1CCCCC1CCNS(C)(=O)=O)C1CNC1.Cl. The van der Waals surface area contributed by atoms with Gasteiger partial charge in [0.25, 0.3) is 0 Å². The number of rotatable bonds is 6. The number of hydrogen-bond acceptors (Lipinski definition) is 4. The van der Waals surface area contributed by atoms with Crippen molar-refractivity contribution in [1.29, 1.82) is 0 Å². The molecular weight excluding hydrogens is 326 g/mol. The summed E-state index contributed by atoms with van der Waals surface area (Å²) in [5.41, 5.74) is 0. The fraction of sp³-hybridized carbons (Fsp3) is 0.929. The Labute approximate surface area is 139 Å². The van der Waals surface area contributed by atoms with Gasteiger partial charge in [-0.15, -0.1) is 12.4 Å². The summed E-state index contributed by atoms with van der Waals surface area (Å²) < 4.78 is 24.8. The average Bonchev–Trinajstić information content (AvgIpc) is 2.35. The van der Waals surface area contributed by atoms with Crippen molar-refractivity contribution in [3.63, 3.8) is 0 Å². The van der Waals surface area contributed by atoms with Gasteiger partial charge >= 0.3 is 0 Å². The van der Waals surface area contributed by atoms with Crippen LogP contribution in [0.25, 0.3) is 0 Å². The first-order valence-corrected chi connectivity index (χ1v) is 9.73. The maximum atomic E-state index is 12.7. The van der Waals surface area contributed by atoms with Crippen LogP contribution >= 0.6 is 12.4 Å². The molecule has 2 fully saturated rings. The van der Waals surface area contributed by atoms with E-state index in [1.807, 2.05) is 11.8 Å². The van der Waals surface area contributed by atoms with E-state index < -0.39 is 10.0 Å². The highest BCUT2D eigenvalue weighted by molar-refractivity contribution is 7.88. The van der Waals surface area contributed by atoms with Gasteiger partial charge in [0, 0.05) is 25.0 Å². The molecule has 2 aliphatic heterocycles. The van der Waals surface area contributed by atoms with Crippen molar-refractivity contribution in [3.8, 4) is 0 Å². The molecule has 0 aromatic heterocycles. The highest BCUT2D eigenvalue weighted by Crippen LogP contribution is 2.25. The lowest BCUT2D eigenvalue weighted by molar-refractivity contribution is -0.141. The van der Waals surface area contributed by atoms with Crippen LogP contribution in [0.5, 0.6) is 0 Å². The molecule has 130 valence electrons. The highest BCUT2D eigenvalue weighted by Gasteiger charge is 2.35. The zero-order valence-electron chi connectivity index (χ0n) is 13.4. The first-order valence-electron chi connectivity index (χ1n) is 7.84. The standard InChI is InChI=1S/C14H27N3O3S.ClH/c1-11(12-9-15-10-12)14(18)17-8-4-3-5-13(17)6-7-16-21(2,19)20;/h11-13,15-16H,3-10H2,1-2H3;1H. The number of nitrogens with one attached hydrogen (secondary N) is 2. The first kappa shape index (κ1) is 19.7. The number of likely N-dealkylation sites (tertiary alicyclic amines) is 1. The van der Waals surface area contributed by atoms with E-state index >= 15 is 0 Å². The number of nitrogens with zero attached hydrogens (tertiary/aromatic N) is 1. The van der Waals surface area contributed by atoms with E-state index in [2.05, 4.69) is 10.0 Å². The third-order valence-electron chi connectivity index (χ3n) is 4.66. The van der Waals surface area contributed by atoms with E-state index in [1.54, 1.807) is 0 Å². The summed E-state index contributed by atoms with van der Waals surface area (Å²) in [6, 6.07) is 0.177. The molecule has 0 aromatic rings. The third-order valence-corrected chi connectivity index (χ3v) is 5.39. The van der Waals surface area contributed by atoms with Crippen molar-refractivity contribution < 1.29 is 13.2 Å². The summed E-state index contributed by atoms with van der Waals surface area (Å²) in [7, 11) is -3.15. The zero-order valence-corrected chi connectivity index (χ0v) is 15.0. The van der Waals surface area contributed by atoms with Crippen LogP contribution in [0.1, 0.15) is 32.6 Å². The quantitative estimate of drug-likeness (QED) is 0.732. The molecule has 6 nitrogen and oxygen atoms in total. The number of piperidine rings is 1. The first-order chi connectivity index (χ1) is 9.88. The second-order valence-electron chi connectivity index (χ2n) is 6.34. The molecule has 2 unspecified atom stereocenters. The topological polar surface area (TPSA) is 78.5 Å². The van der Waals surface area contributed by atoms with Crippen LogP contribution in [0, 0.1) is 11.8 Å². The number of halogens is 1. The Bertz CT molecular complexity index is 468. The van der Waals surface area contributed by atoms with Crippen LogP contribution in [-0.2, 0) is 14.8 Å². The number of sulfonamides is 1. The Morgan fingerprint density at radius 2 is 2.05 bits per heavy atom. The predicted molar refractivity (Wildman–Crippen MR) is 89.6 cm³/mol. The Morgan fingerprint density at radius 3 is 2.59 bits per heavy atom. The molecule has 1 amide bonds. The van der Waals surface area contributed by atoms with Crippen molar-refractivity contribution in [2.75, 3.05) is 32.4 Å². The van der Waals surface area contributed by atoms with E-state index in [-0.39, 0.29) is 30.3 Å². The predicted octanol–water partition coefficient (Wildman–Crippen LogP) is 0.584. The molecule has 2 saturated heterocycles. The minimum absolute atomic E-state index is 0. The Morgan fingerprint density at radius 1 is 1.36 bits per heavy atom. The van der Waals surface area contributed by atoms with Gasteiger partial charge in [-0.05, 0) is 44.7 Å². The van der Waals surface area contributed by atoms with Crippen LogP contribution in [0.4, 0.5) is 0 Å². The Balaban J connectivity index is 0.00000242. The van der Waals surface area contributed by atoms with E-state index in [1.165, 1.54) is 6.26 Å². The minimum atomic E-state index is -3.15. The van der Waals surface area contributed by atoms with E-state index in [0.717, 1.165) is 38.9 Å². The van der Waals surface area contributed by atoms with Crippen LogP contribution in [-0.4, -0.2) is 57.7 Å². The molecule has 2 aliphatic rings.